The zero-order valence-electron chi connectivity index (χ0n) is 20.4. The molecule has 5 aliphatic rings. The number of rotatable bonds is 5. The van der Waals surface area contributed by atoms with Crippen LogP contribution in [0.3, 0.4) is 0 Å². The lowest BCUT2D eigenvalue weighted by Gasteiger charge is -2.31. The smallest absolute Gasteiger partial charge is 0.0178 e. The average molecular weight is 447 g/mol. The predicted octanol–water partition coefficient (Wildman–Crippen LogP) is 9.24. The van der Waals surface area contributed by atoms with Crippen molar-refractivity contribution in [1.82, 2.24) is 0 Å². The van der Waals surface area contributed by atoms with Gasteiger partial charge in [0, 0.05) is 0 Å². The van der Waals surface area contributed by atoms with Crippen molar-refractivity contribution < 1.29 is 0 Å². The molecular weight excluding hydrogens is 408 g/mol. The summed E-state index contributed by atoms with van der Waals surface area (Å²) in [5.74, 6) is 3.55. The molecule has 2 fully saturated rings. The van der Waals surface area contributed by atoms with Gasteiger partial charge in [0.1, 0.15) is 0 Å². The molecule has 2 saturated carbocycles. The van der Waals surface area contributed by atoms with Crippen LogP contribution in [0.25, 0.3) is 0 Å². The highest BCUT2D eigenvalue weighted by atomic mass is 14.4. The first kappa shape index (κ1) is 22.9. The molecule has 5 aliphatic carbocycles. The second-order valence-electron chi connectivity index (χ2n) is 10.5. The topological polar surface area (TPSA) is 0 Å². The van der Waals surface area contributed by atoms with Crippen molar-refractivity contribution in [3.8, 4) is 0 Å². The molecule has 0 radical (unpaired) electrons. The molecule has 174 valence electrons. The van der Waals surface area contributed by atoms with Crippen LogP contribution in [0.4, 0.5) is 0 Å². The maximum Gasteiger partial charge on any atom is -0.0178 e. The minimum absolute atomic E-state index is 0.749. The third-order valence-corrected chi connectivity index (χ3v) is 8.19. The van der Waals surface area contributed by atoms with E-state index in [9.17, 15) is 0 Å². The quantitative estimate of drug-likeness (QED) is 0.395. The van der Waals surface area contributed by atoms with Crippen LogP contribution in [0.5, 0.6) is 0 Å². The van der Waals surface area contributed by atoms with E-state index in [0.717, 1.165) is 23.7 Å². The predicted molar refractivity (Wildman–Crippen MR) is 147 cm³/mol. The molecule has 0 bridgehead atoms. The summed E-state index contributed by atoms with van der Waals surface area (Å²) in [5.41, 5.74) is 5.52. The summed E-state index contributed by atoms with van der Waals surface area (Å²) in [6.45, 7) is 0. The lowest BCUT2D eigenvalue weighted by atomic mass is 9.74. The Morgan fingerprint density at radius 2 is 1.29 bits per heavy atom. The molecule has 0 aromatic heterocycles. The van der Waals surface area contributed by atoms with Crippen molar-refractivity contribution in [3.63, 3.8) is 0 Å². The third-order valence-electron chi connectivity index (χ3n) is 8.19. The highest BCUT2D eigenvalue weighted by molar-refractivity contribution is 5.58. The summed E-state index contributed by atoms with van der Waals surface area (Å²) in [6.07, 6.45) is 50.9. The molecule has 5 rings (SSSR count). The van der Waals surface area contributed by atoms with Gasteiger partial charge in [0.25, 0.3) is 0 Å². The molecule has 0 aliphatic heterocycles. The van der Waals surface area contributed by atoms with Gasteiger partial charge in [0.05, 0.1) is 0 Å². The van der Waals surface area contributed by atoms with Gasteiger partial charge in [0.2, 0.25) is 0 Å². The largest absolute Gasteiger partial charge is 0.0741 e. The van der Waals surface area contributed by atoms with E-state index in [0.29, 0.717) is 0 Å². The Kier molecular flexibility index (Phi) is 7.76. The van der Waals surface area contributed by atoms with Gasteiger partial charge in [-0.3, -0.25) is 0 Å². The number of allylic oxidation sites excluding steroid dienone is 22. The Bertz CT molecular complexity index is 1060. The average Bonchev–Trinajstić information content (AvgIpc) is 3.46. The van der Waals surface area contributed by atoms with Crippen LogP contribution in [0.1, 0.15) is 51.4 Å². The van der Waals surface area contributed by atoms with Crippen molar-refractivity contribution in [1.29, 1.82) is 0 Å². The first-order valence-electron chi connectivity index (χ1n) is 13.4. The second kappa shape index (κ2) is 11.5. The molecule has 0 aromatic carbocycles. The van der Waals surface area contributed by atoms with Crippen LogP contribution < -0.4 is 0 Å². The summed E-state index contributed by atoms with van der Waals surface area (Å²) in [4.78, 5) is 0. The SMILES string of the molecule is C1=CC=CC(CC2CCC(C3CCC(/C=C4/C=CC(C5=CC=CC=CC=C5)=C4)CC3)C2)=CC=C1. The van der Waals surface area contributed by atoms with E-state index in [1.165, 1.54) is 73.7 Å². The Hall–Kier alpha value is -2.86. The lowest BCUT2D eigenvalue weighted by molar-refractivity contribution is 0.221. The highest BCUT2D eigenvalue weighted by Gasteiger charge is 2.33. The van der Waals surface area contributed by atoms with E-state index in [-0.39, 0.29) is 0 Å². The Balaban J connectivity index is 1.11. The van der Waals surface area contributed by atoms with E-state index in [4.69, 9.17) is 0 Å². The summed E-state index contributed by atoms with van der Waals surface area (Å²) >= 11 is 0. The van der Waals surface area contributed by atoms with Crippen molar-refractivity contribution in [2.24, 2.45) is 23.7 Å². The minimum Gasteiger partial charge on any atom is -0.0741 e. The van der Waals surface area contributed by atoms with Gasteiger partial charge in [0.15, 0.2) is 0 Å². The molecule has 0 heteroatoms. The Morgan fingerprint density at radius 1 is 0.588 bits per heavy atom. The molecule has 0 amide bonds. The van der Waals surface area contributed by atoms with E-state index in [1.807, 2.05) is 0 Å². The summed E-state index contributed by atoms with van der Waals surface area (Å²) in [5, 5.41) is 0. The van der Waals surface area contributed by atoms with Crippen LogP contribution in [0.15, 0.2) is 132 Å². The van der Waals surface area contributed by atoms with E-state index in [1.54, 1.807) is 0 Å². The minimum atomic E-state index is 0.749. The molecule has 34 heavy (non-hydrogen) atoms. The van der Waals surface area contributed by atoms with Gasteiger partial charge in [-0.05, 0) is 103 Å². The molecule has 0 aromatic rings. The van der Waals surface area contributed by atoms with E-state index in [2.05, 4.69) is 109 Å². The molecule has 0 spiro atoms. The van der Waals surface area contributed by atoms with Crippen LogP contribution in [-0.2, 0) is 0 Å². The molecule has 2 atom stereocenters. The Morgan fingerprint density at radius 3 is 2.15 bits per heavy atom. The maximum atomic E-state index is 2.55. The van der Waals surface area contributed by atoms with Crippen LogP contribution >= 0.6 is 0 Å². The van der Waals surface area contributed by atoms with Crippen molar-refractivity contribution in [2.75, 3.05) is 0 Å². The summed E-state index contributed by atoms with van der Waals surface area (Å²) in [7, 11) is 0. The third kappa shape index (κ3) is 6.17. The standard InChI is InChI=1S/C34H38/c1-3-7-11-27(12-8-4-1)23-29-18-22-34(26-29)32-19-15-28(16-20-32)24-30-17-21-33(25-30)31-13-9-5-2-6-10-14-31/h1-14,17,21,24-25,28-29,32,34H,15-16,18-20,22-23,26H2/b3-1?,4-1?,5-2?,6-2?,7-3?,8-4?,9-5?,10-6?,11-7?,12-8?,13-9?,14-10?,27-11?,27-12?,30-24-,31-13?,31-14?. The number of hydrogen-bond donors (Lipinski definition) is 0. The fraction of sp³-hybridized carbons (Fsp3) is 0.353. The number of hydrogen-bond acceptors (Lipinski definition) is 0. The van der Waals surface area contributed by atoms with Gasteiger partial charge in [-0.15, -0.1) is 0 Å². The van der Waals surface area contributed by atoms with Crippen molar-refractivity contribution in [2.45, 2.75) is 51.4 Å². The second-order valence-corrected chi connectivity index (χ2v) is 10.5. The molecular formula is C34H38. The highest BCUT2D eigenvalue weighted by Crippen LogP contribution is 2.45. The first-order valence-corrected chi connectivity index (χ1v) is 13.4. The van der Waals surface area contributed by atoms with Gasteiger partial charge >= 0.3 is 0 Å². The maximum absolute atomic E-state index is 2.55. The molecule has 0 saturated heterocycles. The summed E-state index contributed by atoms with van der Waals surface area (Å²) < 4.78 is 0. The summed E-state index contributed by atoms with van der Waals surface area (Å²) in [6, 6.07) is 0. The molecule has 0 nitrogen and oxygen atoms in total. The monoisotopic (exact) mass is 446 g/mol. The molecule has 0 heterocycles. The van der Waals surface area contributed by atoms with Gasteiger partial charge in [-0.25, -0.2) is 0 Å². The van der Waals surface area contributed by atoms with Crippen molar-refractivity contribution >= 4 is 0 Å². The zero-order valence-corrected chi connectivity index (χ0v) is 20.4. The normalized spacial score (nSPS) is 31.8. The fourth-order valence-corrected chi connectivity index (χ4v) is 6.36. The fourth-order valence-electron chi connectivity index (χ4n) is 6.36. The van der Waals surface area contributed by atoms with Gasteiger partial charge in [-0.1, -0.05) is 103 Å². The lowest BCUT2D eigenvalue weighted by Crippen LogP contribution is -2.20. The van der Waals surface area contributed by atoms with Gasteiger partial charge < -0.3 is 0 Å². The van der Waals surface area contributed by atoms with Crippen LogP contribution in [0, 0.1) is 23.7 Å². The molecule has 2 unspecified atom stereocenters. The first-order chi connectivity index (χ1) is 16.8. The van der Waals surface area contributed by atoms with E-state index >= 15 is 0 Å². The van der Waals surface area contributed by atoms with Crippen LogP contribution in [0.2, 0.25) is 0 Å². The van der Waals surface area contributed by atoms with Crippen molar-refractivity contribution in [3.05, 3.63) is 132 Å². The molecule has 0 N–H and O–H groups in total. The van der Waals surface area contributed by atoms with E-state index < -0.39 is 0 Å². The van der Waals surface area contributed by atoms with Gasteiger partial charge in [-0.2, -0.15) is 0 Å². The van der Waals surface area contributed by atoms with Crippen LogP contribution in [-0.4, -0.2) is 0 Å². The zero-order chi connectivity index (χ0) is 23.0. The Labute approximate surface area is 206 Å².